The zero-order valence-electron chi connectivity index (χ0n) is 10.1. The summed E-state index contributed by atoms with van der Waals surface area (Å²) in [6, 6.07) is 7.53. The van der Waals surface area contributed by atoms with Crippen molar-refractivity contribution in [3.05, 3.63) is 62.9 Å². The van der Waals surface area contributed by atoms with E-state index in [1.165, 1.54) is 24.3 Å². The van der Waals surface area contributed by atoms with E-state index in [4.69, 9.17) is 11.6 Å². The minimum Gasteiger partial charge on any atom is -0.872 e. The van der Waals surface area contributed by atoms with E-state index in [2.05, 4.69) is 5.32 Å². The fraction of sp³-hybridized carbons (Fsp3) is 0.0769. The van der Waals surface area contributed by atoms with Crippen LogP contribution in [0.2, 0.25) is 5.02 Å². The summed E-state index contributed by atoms with van der Waals surface area (Å²) in [5, 5.41) is 25.0. The minimum absolute atomic E-state index is 0.0450. The predicted molar refractivity (Wildman–Crippen MR) is 71.3 cm³/mol. The number of halogens is 2. The second-order valence-corrected chi connectivity index (χ2v) is 4.44. The van der Waals surface area contributed by atoms with Crippen LogP contribution in [0.15, 0.2) is 36.4 Å². The van der Waals surface area contributed by atoms with Crippen LogP contribution in [-0.2, 0) is 6.54 Å². The number of nitrogens with one attached hydrogen (secondary N) is 1. The van der Waals surface area contributed by atoms with E-state index in [0.29, 0.717) is 5.69 Å². The van der Waals surface area contributed by atoms with Crippen LogP contribution in [0.1, 0.15) is 5.56 Å². The highest BCUT2D eigenvalue weighted by Crippen LogP contribution is 2.23. The fourth-order valence-electron chi connectivity index (χ4n) is 1.62. The zero-order valence-corrected chi connectivity index (χ0v) is 10.9. The van der Waals surface area contributed by atoms with Gasteiger partial charge in [-0.25, -0.2) is 4.39 Å². The lowest BCUT2D eigenvalue weighted by atomic mass is 10.1. The summed E-state index contributed by atoms with van der Waals surface area (Å²) < 4.78 is 13.0. The van der Waals surface area contributed by atoms with Crippen LogP contribution in [0.25, 0.3) is 0 Å². The van der Waals surface area contributed by atoms with Crippen molar-refractivity contribution < 1.29 is 14.4 Å². The molecule has 0 unspecified atom stereocenters. The predicted octanol–water partition coefficient (Wildman–Crippen LogP) is 3.07. The molecule has 0 atom stereocenters. The molecule has 0 radical (unpaired) electrons. The van der Waals surface area contributed by atoms with E-state index in [1.807, 2.05) is 0 Å². The molecule has 0 aliphatic carbocycles. The van der Waals surface area contributed by atoms with Crippen molar-refractivity contribution in [3.8, 4) is 5.75 Å². The van der Waals surface area contributed by atoms with Gasteiger partial charge in [0.15, 0.2) is 0 Å². The van der Waals surface area contributed by atoms with Gasteiger partial charge in [-0.15, -0.1) is 5.75 Å². The van der Waals surface area contributed by atoms with Crippen molar-refractivity contribution in [2.24, 2.45) is 0 Å². The van der Waals surface area contributed by atoms with Gasteiger partial charge < -0.3 is 10.4 Å². The van der Waals surface area contributed by atoms with Crippen molar-refractivity contribution in [2.45, 2.75) is 6.54 Å². The van der Waals surface area contributed by atoms with Crippen molar-refractivity contribution in [1.82, 2.24) is 0 Å². The number of benzene rings is 2. The van der Waals surface area contributed by atoms with Crippen LogP contribution in [0.5, 0.6) is 5.75 Å². The average molecular weight is 296 g/mol. The van der Waals surface area contributed by atoms with Gasteiger partial charge in [-0.1, -0.05) is 17.7 Å². The molecule has 0 bridgehead atoms. The third-order valence-electron chi connectivity index (χ3n) is 2.66. The number of rotatable bonds is 4. The molecular weight excluding hydrogens is 287 g/mol. The van der Waals surface area contributed by atoms with Crippen LogP contribution < -0.4 is 10.4 Å². The average Bonchev–Trinajstić information content (AvgIpc) is 2.41. The molecule has 0 fully saturated rings. The van der Waals surface area contributed by atoms with Gasteiger partial charge in [-0.05, 0) is 23.8 Å². The molecule has 2 aromatic carbocycles. The summed E-state index contributed by atoms with van der Waals surface area (Å²) in [6.45, 7) is 0.0858. The normalized spacial score (nSPS) is 10.3. The molecule has 0 heterocycles. The number of nitro benzene ring substituents is 1. The van der Waals surface area contributed by atoms with E-state index < -0.39 is 10.7 Å². The Morgan fingerprint density at radius 1 is 1.25 bits per heavy atom. The molecule has 5 nitrogen and oxygen atoms in total. The molecule has 1 N–H and O–H groups in total. The molecule has 104 valence electrons. The molecular formula is C13H9ClFN2O3-. The van der Waals surface area contributed by atoms with E-state index in [9.17, 15) is 19.6 Å². The number of anilines is 1. The first kappa shape index (κ1) is 14.1. The summed E-state index contributed by atoms with van der Waals surface area (Å²) in [5.41, 5.74) is 0.612. The summed E-state index contributed by atoms with van der Waals surface area (Å²) >= 11 is 5.63. The maximum Gasteiger partial charge on any atom is 0.269 e. The summed E-state index contributed by atoms with van der Waals surface area (Å²) in [5.74, 6) is -0.853. The Bertz CT molecular complexity index is 664. The van der Waals surface area contributed by atoms with Crippen LogP contribution in [0, 0.1) is 15.9 Å². The van der Waals surface area contributed by atoms with Gasteiger partial charge in [0.05, 0.1) is 9.95 Å². The number of nitro groups is 1. The molecule has 0 spiro atoms. The molecule has 20 heavy (non-hydrogen) atoms. The second-order valence-electron chi connectivity index (χ2n) is 4.03. The Morgan fingerprint density at radius 3 is 2.65 bits per heavy atom. The van der Waals surface area contributed by atoms with Crippen molar-refractivity contribution in [3.63, 3.8) is 0 Å². The zero-order chi connectivity index (χ0) is 14.7. The highest BCUT2D eigenvalue weighted by Gasteiger charge is 2.07. The second kappa shape index (κ2) is 5.75. The first-order valence-electron chi connectivity index (χ1n) is 5.60. The third kappa shape index (κ3) is 3.16. The van der Waals surface area contributed by atoms with Gasteiger partial charge in [0.25, 0.3) is 5.69 Å². The Morgan fingerprint density at radius 2 is 2.00 bits per heavy atom. The monoisotopic (exact) mass is 295 g/mol. The molecule has 0 aliphatic rings. The van der Waals surface area contributed by atoms with Crippen molar-refractivity contribution in [1.29, 1.82) is 0 Å². The Balaban J connectivity index is 2.15. The molecule has 7 heteroatoms. The van der Waals surface area contributed by atoms with Gasteiger partial charge >= 0.3 is 0 Å². The van der Waals surface area contributed by atoms with E-state index in [0.717, 1.165) is 12.1 Å². The quantitative estimate of drug-likeness (QED) is 0.694. The van der Waals surface area contributed by atoms with Gasteiger partial charge in [0, 0.05) is 24.4 Å². The molecule has 2 rings (SSSR count). The van der Waals surface area contributed by atoms with Crippen LogP contribution >= 0.6 is 11.6 Å². The van der Waals surface area contributed by atoms with Crippen molar-refractivity contribution in [2.75, 3.05) is 5.32 Å². The van der Waals surface area contributed by atoms with Gasteiger partial charge in [0.2, 0.25) is 0 Å². The number of hydrogen-bond donors (Lipinski definition) is 1. The maximum absolute atomic E-state index is 13.0. The number of nitrogens with zero attached hydrogens (tertiary/aromatic N) is 1. The SMILES string of the molecule is O=[N+]([O-])c1ccc([O-])c(CNc2ccc(F)c(Cl)c2)c1. The lowest BCUT2D eigenvalue weighted by Gasteiger charge is -2.14. The molecule has 0 saturated carbocycles. The largest absolute Gasteiger partial charge is 0.872 e. The minimum atomic E-state index is -0.572. The van der Waals surface area contributed by atoms with Crippen LogP contribution in [-0.4, -0.2) is 4.92 Å². The molecule has 0 aromatic heterocycles. The first-order chi connectivity index (χ1) is 9.47. The highest BCUT2D eigenvalue weighted by atomic mass is 35.5. The summed E-state index contributed by atoms with van der Waals surface area (Å²) in [7, 11) is 0. The third-order valence-corrected chi connectivity index (χ3v) is 2.95. The number of non-ortho nitro benzene ring substituents is 1. The van der Waals surface area contributed by atoms with Crippen molar-refractivity contribution >= 4 is 23.0 Å². The highest BCUT2D eigenvalue weighted by molar-refractivity contribution is 6.31. The summed E-state index contributed by atoms with van der Waals surface area (Å²) in [6.07, 6.45) is 0. The number of hydrogen-bond acceptors (Lipinski definition) is 4. The van der Waals surface area contributed by atoms with Gasteiger partial charge in [-0.2, -0.15) is 0 Å². The molecule has 0 amide bonds. The molecule has 0 saturated heterocycles. The Labute approximate surface area is 118 Å². The first-order valence-corrected chi connectivity index (χ1v) is 5.98. The topological polar surface area (TPSA) is 78.2 Å². The van der Waals surface area contributed by atoms with E-state index >= 15 is 0 Å². The molecule has 2 aromatic rings. The van der Waals surface area contributed by atoms with E-state index in [1.54, 1.807) is 0 Å². The summed E-state index contributed by atoms with van der Waals surface area (Å²) in [4.78, 5) is 10.1. The van der Waals surface area contributed by atoms with Crippen LogP contribution in [0.4, 0.5) is 15.8 Å². The smallest absolute Gasteiger partial charge is 0.269 e. The van der Waals surface area contributed by atoms with Gasteiger partial charge in [-0.3, -0.25) is 10.1 Å². The Kier molecular flexibility index (Phi) is 4.05. The fourth-order valence-corrected chi connectivity index (χ4v) is 1.80. The standard InChI is InChI=1S/C13H10ClFN2O3/c14-11-6-9(1-3-12(11)15)16-7-8-5-10(17(19)20)2-4-13(8)18/h1-6,16,18H,7H2/p-1. The van der Waals surface area contributed by atoms with E-state index in [-0.39, 0.29) is 28.6 Å². The Hall–Kier alpha value is -2.34. The van der Waals surface area contributed by atoms with Crippen LogP contribution in [0.3, 0.4) is 0 Å². The van der Waals surface area contributed by atoms with Gasteiger partial charge in [0.1, 0.15) is 5.82 Å². The lowest BCUT2D eigenvalue weighted by molar-refractivity contribution is -0.385. The molecule has 0 aliphatic heterocycles. The maximum atomic E-state index is 13.0. The lowest BCUT2D eigenvalue weighted by Crippen LogP contribution is -2.05.